The molecule has 1 aliphatic carbocycles. The molecule has 0 N–H and O–H groups in total. The Bertz CT molecular complexity index is 1260. The molecule has 1 aromatic carbocycles. The van der Waals surface area contributed by atoms with Crippen LogP contribution in [-0.2, 0) is 15.1 Å². The number of hydrogen-bond acceptors (Lipinski definition) is 5. The summed E-state index contributed by atoms with van der Waals surface area (Å²) >= 11 is 0. The van der Waals surface area contributed by atoms with Crippen molar-refractivity contribution < 1.29 is 9.53 Å². The molecular formula is C31H41N5O2. The summed E-state index contributed by atoms with van der Waals surface area (Å²) in [7, 11) is 1.86. The van der Waals surface area contributed by atoms with E-state index in [4.69, 9.17) is 4.74 Å². The van der Waals surface area contributed by atoms with E-state index in [1.54, 1.807) is 0 Å². The number of anilines is 1. The molecule has 0 atom stereocenters. The van der Waals surface area contributed by atoms with Crippen LogP contribution in [-0.4, -0.2) is 77.7 Å². The largest absolute Gasteiger partial charge is 0.373 e. The molecule has 0 radical (unpaired) electrons. The van der Waals surface area contributed by atoms with Gasteiger partial charge in [-0.3, -0.25) is 4.79 Å². The van der Waals surface area contributed by atoms with Crippen molar-refractivity contribution in [1.82, 2.24) is 19.4 Å². The molecule has 4 heterocycles. The number of amides is 1. The highest BCUT2D eigenvalue weighted by Crippen LogP contribution is 2.38. The number of piperidine rings is 1. The second kappa shape index (κ2) is 10.3. The Hall–Kier alpha value is -2.90. The second-order valence-corrected chi connectivity index (χ2v) is 11.6. The summed E-state index contributed by atoms with van der Waals surface area (Å²) in [6, 6.07) is 13.9. The molecule has 0 unspecified atom stereocenters. The van der Waals surface area contributed by atoms with Crippen molar-refractivity contribution >= 4 is 17.1 Å². The minimum absolute atomic E-state index is 0.202. The Morgan fingerprint density at radius 3 is 2.29 bits per heavy atom. The van der Waals surface area contributed by atoms with Gasteiger partial charge in [-0.1, -0.05) is 30.7 Å². The molecule has 3 aromatic rings. The minimum Gasteiger partial charge on any atom is -0.373 e. The van der Waals surface area contributed by atoms with Gasteiger partial charge in [-0.05, 0) is 62.8 Å². The van der Waals surface area contributed by atoms with Crippen LogP contribution in [0.2, 0.25) is 0 Å². The third-order valence-electron chi connectivity index (χ3n) is 9.34. The molecule has 6 rings (SSSR count). The standard InChI is InChI=1S/C31H41N5O2/c1-23(2)33-15-12-31(38-3,13-16-33)27-9-7-24(8-10-27)26-21-29-28(11-14-32-36(29)22-26)34-17-19-35(20-18-34)30(37)25-5-4-6-25/h7-11,14,21-23,25H,4-6,12-13,15-20H2,1-3H3. The zero-order valence-corrected chi connectivity index (χ0v) is 23.1. The van der Waals surface area contributed by atoms with E-state index in [1.165, 1.54) is 23.2 Å². The zero-order valence-electron chi connectivity index (χ0n) is 23.1. The molecule has 0 bridgehead atoms. The highest BCUT2D eigenvalue weighted by atomic mass is 16.5. The second-order valence-electron chi connectivity index (χ2n) is 11.6. The molecular weight excluding hydrogens is 474 g/mol. The summed E-state index contributed by atoms with van der Waals surface area (Å²) in [6.45, 7) is 10.00. The number of rotatable bonds is 6. The van der Waals surface area contributed by atoms with Crippen molar-refractivity contribution in [1.29, 1.82) is 0 Å². The van der Waals surface area contributed by atoms with E-state index in [-0.39, 0.29) is 11.5 Å². The first kappa shape index (κ1) is 25.4. The predicted molar refractivity (Wildman–Crippen MR) is 151 cm³/mol. The number of piperazine rings is 1. The summed E-state index contributed by atoms with van der Waals surface area (Å²) in [6.07, 6.45) is 9.38. The Balaban J connectivity index is 1.18. The maximum absolute atomic E-state index is 12.7. The average Bonchev–Trinajstić information content (AvgIpc) is 3.37. The predicted octanol–water partition coefficient (Wildman–Crippen LogP) is 4.80. The molecule has 3 aliphatic rings. The summed E-state index contributed by atoms with van der Waals surface area (Å²) in [4.78, 5) is 19.7. The maximum Gasteiger partial charge on any atom is 0.225 e. The van der Waals surface area contributed by atoms with Gasteiger partial charge in [0.15, 0.2) is 0 Å². The van der Waals surface area contributed by atoms with Crippen LogP contribution in [0.3, 0.4) is 0 Å². The highest BCUT2D eigenvalue weighted by Gasteiger charge is 2.37. The van der Waals surface area contributed by atoms with Crippen LogP contribution in [0.4, 0.5) is 5.69 Å². The zero-order chi connectivity index (χ0) is 26.3. The maximum atomic E-state index is 12.7. The van der Waals surface area contributed by atoms with Crippen molar-refractivity contribution in [3.8, 4) is 11.1 Å². The first-order valence-electron chi connectivity index (χ1n) is 14.4. The summed E-state index contributed by atoms with van der Waals surface area (Å²) < 4.78 is 8.13. The van der Waals surface area contributed by atoms with Crippen molar-refractivity contribution in [2.24, 2.45) is 5.92 Å². The first-order chi connectivity index (χ1) is 18.5. The van der Waals surface area contributed by atoms with E-state index < -0.39 is 0 Å². The minimum atomic E-state index is -0.202. The Morgan fingerprint density at radius 2 is 1.68 bits per heavy atom. The fourth-order valence-corrected chi connectivity index (χ4v) is 6.49. The van der Waals surface area contributed by atoms with Gasteiger partial charge in [-0.2, -0.15) is 5.10 Å². The number of fused-ring (bicyclic) bond motifs is 1. The number of carbonyl (C=O) groups is 1. The van der Waals surface area contributed by atoms with Crippen molar-refractivity contribution in [2.45, 2.75) is 57.6 Å². The summed E-state index contributed by atoms with van der Waals surface area (Å²) in [5.74, 6) is 0.644. The van der Waals surface area contributed by atoms with E-state index >= 15 is 0 Å². The van der Waals surface area contributed by atoms with E-state index in [1.807, 2.05) is 17.8 Å². The Labute approximate surface area is 226 Å². The van der Waals surface area contributed by atoms with Gasteiger partial charge in [-0.15, -0.1) is 0 Å². The van der Waals surface area contributed by atoms with Gasteiger partial charge in [-0.25, -0.2) is 4.52 Å². The van der Waals surface area contributed by atoms with Gasteiger partial charge < -0.3 is 19.4 Å². The van der Waals surface area contributed by atoms with Crippen LogP contribution in [0.5, 0.6) is 0 Å². The number of hydrogen-bond donors (Lipinski definition) is 0. The van der Waals surface area contributed by atoms with E-state index in [0.717, 1.165) is 76.0 Å². The Kier molecular flexibility index (Phi) is 6.91. The number of methoxy groups -OCH3 is 1. The van der Waals surface area contributed by atoms with Crippen LogP contribution >= 0.6 is 0 Å². The van der Waals surface area contributed by atoms with Crippen LogP contribution in [0.25, 0.3) is 16.6 Å². The molecule has 2 aliphatic heterocycles. The smallest absolute Gasteiger partial charge is 0.225 e. The molecule has 2 aromatic heterocycles. The molecule has 38 heavy (non-hydrogen) atoms. The number of ether oxygens (including phenoxy) is 1. The van der Waals surface area contributed by atoms with Gasteiger partial charge >= 0.3 is 0 Å². The van der Waals surface area contributed by atoms with Crippen LogP contribution in [0.1, 0.15) is 51.5 Å². The molecule has 202 valence electrons. The van der Waals surface area contributed by atoms with Crippen molar-refractivity contribution in [3.63, 3.8) is 0 Å². The quantitative estimate of drug-likeness (QED) is 0.472. The third-order valence-corrected chi connectivity index (χ3v) is 9.34. The van der Waals surface area contributed by atoms with Crippen molar-refractivity contribution in [2.75, 3.05) is 51.3 Å². The highest BCUT2D eigenvalue weighted by molar-refractivity contribution is 5.82. The van der Waals surface area contributed by atoms with Gasteiger partial charge in [0, 0.05) is 76.3 Å². The Morgan fingerprint density at radius 1 is 0.974 bits per heavy atom. The monoisotopic (exact) mass is 515 g/mol. The lowest BCUT2D eigenvalue weighted by Gasteiger charge is -2.42. The number of benzene rings is 1. The molecule has 7 nitrogen and oxygen atoms in total. The number of aromatic nitrogens is 2. The number of nitrogens with zero attached hydrogens (tertiary/aromatic N) is 5. The van der Waals surface area contributed by atoms with Crippen molar-refractivity contribution in [3.05, 3.63) is 54.4 Å². The topological polar surface area (TPSA) is 53.3 Å². The van der Waals surface area contributed by atoms with Gasteiger partial charge in [0.1, 0.15) is 0 Å². The van der Waals surface area contributed by atoms with Crippen LogP contribution in [0, 0.1) is 5.92 Å². The molecule has 7 heteroatoms. The number of carbonyl (C=O) groups excluding carboxylic acids is 1. The first-order valence-corrected chi connectivity index (χ1v) is 14.4. The SMILES string of the molecule is COC1(c2ccc(-c3cc4c(N5CCN(C(=O)C6CCC6)CC5)ccnn4c3)cc2)CCN(C(C)C)CC1. The fourth-order valence-electron chi connectivity index (χ4n) is 6.49. The molecule has 2 saturated heterocycles. The lowest BCUT2D eigenvalue weighted by atomic mass is 9.83. The molecule has 1 amide bonds. The number of likely N-dealkylation sites (tertiary alicyclic amines) is 1. The lowest BCUT2D eigenvalue weighted by Crippen LogP contribution is -2.51. The van der Waals surface area contributed by atoms with Crippen LogP contribution < -0.4 is 4.90 Å². The third kappa shape index (κ3) is 4.60. The summed E-state index contributed by atoms with van der Waals surface area (Å²) in [5.41, 5.74) is 5.72. The molecule has 3 fully saturated rings. The normalized spacial score (nSPS) is 20.7. The van der Waals surface area contributed by atoms with Gasteiger partial charge in [0.2, 0.25) is 5.91 Å². The van der Waals surface area contributed by atoms with E-state index in [0.29, 0.717) is 11.9 Å². The lowest BCUT2D eigenvalue weighted by molar-refractivity contribution is -0.138. The van der Waals surface area contributed by atoms with Gasteiger partial charge in [0.25, 0.3) is 0 Å². The van der Waals surface area contributed by atoms with E-state index in [9.17, 15) is 4.79 Å². The summed E-state index contributed by atoms with van der Waals surface area (Å²) in [5, 5.41) is 4.61. The fraction of sp³-hybridized carbons (Fsp3) is 0.548. The van der Waals surface area contributed by atoms with E-state index in [2.05, 4.69) is 76.2 Å². The van der Waals surface area contributed by atoms with Gasteiger partial charge in [0.05, 0.1) is 16.8 Å². The molecule has 0 spiro atoms. The average molecular weight is 516 g/mol. The van der Waals surface area contributed by atoms with Crippen LogP contribution in [0.15, 0.2) is 48.8 Å². The molecule has 1 saturated carbocycles.